The van der Waals surface area contributed by atoms with Crippen molar-refractivity contribution >= 4 is 23.3 Å². The molecule has 2 aromatic rings. The van der Waals surface area contributed by atoms with E-state index in [0.29, 0.717) is 49.3 Å². The summed E-state index contributed by atoms with van der Waals surface area (Å²) in [7, 11) is 0. The van der Waals surface area contributed by atoms with Crippen LogP contribution in [0.1, 0.15) is 55.0 Å². The SMILES string of the molecule is Cc1c(C#N)c(NC(=O)CN2CCN(CC(=O)Nc3cccc(F)c3)CC2)n(C2CCCCC2)c1C. The van der Waals surface area contributed by atoms with E-state index in [2.05, 4.69) is 26.2 Å². The zero-order chi connectivity index (χ0) is 25.7. The van der Waals surface area contributed by atoms with E-state index in [9.17, 15) is 19.2 Å². The molecule has 192 valence electrons. The molecule has 1 aliphatic heterocycles. The number of hydrogen-bond acceptors (Lipinski definition) is 5. The van der Waals surface area contributed by atoms with Crippen LogP contribution >= 0.6 is 0 Å². The third-order valence-corrected chi connectivity index (χ3v) is 7.37. The summed E-state index contributed by atoms with van der Waals surface area (Å²) in [6.07, 6.45) is 5.71. The minimum atomic E-state index is -0.391. The molecule has 2 N–H and O–H groups in total. The molecule has 1 saturated carbocycles. The zero-order valence-corrected chi connectivity index (χ0v) is 21.1. The van der Waals surface area contributed by atoms with Gasteiger partial charge in [-0.2, -0.15) is 5.26 Å². The number of anilines is 2. The molecule has 2 amide bonds. The first kappa shape index (κ1) is 25.9. The van der Waals surface area contributed by atoms with Gasteiger partial charge in [0.15, 0.2) is 0 Å². The fraction of sp³-hybridized carbons (Fsp3) is 0.519. The standard InChI is InChI=1S/C27H35FN6O2/c1-19-20(2)34(23-9-4-3-5-10-23)27(24(19)16-29)31-26(36)18-33-13-11-32(12-14-33)17-25(35)30-22-8-6-7-21(28)15-22/h6-8,15,23H,3-5,9-14,17-18H2,1-2H3,(H,30,35)(H,31,36). The fourth-order valence-electron chi connectivity index (χ4n) is 5.33. The molecule has 1 saturated heterocycles. The number of carbonyl (C=O) groups is 2. The van der Waals surface area contributed by atoms with Crippen LogP contribution in [0.3, 0.4) is 0 Å². The van der Waals surface area contributed by atoms with Crippen molar-refractivity contribution in [2.45, 2.75) is 52.0 Å². The summed E-state index contributed by atoms with van der Waals surface area (Å²) >= 11 is 0. The number of nitriles is 1. The van der Waals surface area contributed by atoms with Gasteiger partial charge in [-0.15, -0.1) is 0 Å². The minimum absolute atomic E-state index is 0.127. The van der Waals surface area contributed by atoms with Crippen molar-refractivity contribution in [1.29, 1.82) is 5.26 Å². The molecule has 1 aromatic carbocycles. The lowest BCUT2D eigenvalue weighted by Crippen LogP contribution is -2.50. The van der Waals surface area contributed by atoms with Crippen molar-refractivity contribution in [3.8, 4) is 6.07 Å². The van der Waals surface area contributed by atoms with Crippen LogP contribution in [0.4, 0.5) is 15.9 Å². The number of nitrogens with one attached hydrogen (secondary N) is 2. The van der Waals surface area contributed by atoms with Crippen molar-refractivity contribution in [3.63, 3.8) is 0 Å². The molecule has 1 aliphatic carbocycles. The first-order chi connectivity index (χ1) is 17.4. The van der Waals surface area contributed by atoms with Gasteiger partial charge < -0.3 is 15.2 Å². The van der Waals surface area contributed by atoms with Crippen LogP contribution in [0.15, 0.2) is 24.3 Å². The molecule has 2 heterocycles. The van der Waals surface area contributed by atoms with Crippen molar-refractivity contribution in [3.05, 3.63) is 46.9 Å². The Balaban J connectivity index is 1.30. The monoisotopic (exact) mass is 494 g/mol. The normalized spacial score (nSPS) is 17.5. The summed E-state index contributed by atoms with van der Waals surface area (Å²) in [5.41, 5.74) is 2.98. The Morgan fingerprint density at radius 2 is 1.61 bits per heavy atom. The first-order valence-corrected chi connectivity index (χ1v) is 12.8. The van der Waals surface area contributed by atoms with Crippen LogP contribution in [0.25, 0.3) is 0 Å². The van der Waals surface area contributed by atoms with Gasteiger partial charge in [0.2, 0.25) is 11.8 Å². The lowest BCUT2D eigenvalue weighted by molar-refractivity contribution is -0.120. The van der Waals surface area contributed by atoms with Crippen molar-refractivity contribution < 1.29 is 14.0 Å². The third-order valence-electron chi connectivity index (χ3n) is 7.37. The Morgan fingerprint density at radius 3 is 2.19 bits per heavy atom. The molecule has 2 aliphatic rings. The largest absolute Gasteiger partial charge is 0.327 e. The van der Waals surface area contributed by atoms with Gasteiger partial charge in [-0.1, -0.05) is 25.3 Å². The van der Waals surface area contributed by atoms with Crippen LogP contribution < -0.4 is 10.6 Å². The van der Waals surface area contributed by atoms with E-state index >= 15 is 0 Å². The number of nitrogens with zero attached hydrogens (tertiary/aromatic N) is 4. The van der Waals surface area contributed by atoms with E-state index in [-0.39, 0.29) is 24.9 Å². The second-order valence-electron chi connectivity index (χ2n) is 9.87. The molecule has 9 heteroatoms. The fourth-order valence-corrected chi connectivity index (χ4v) is 5.33. The van der Waals surface area contributed by atoms with Crippen LogP contribution in [0.2, 0.25) is 0 Å². The lowest BCUT2D eigenvalue weighted by atomic mass is 9.95. The molecule has 36 heavy (non-hydrogen) atoms. The number of halogens is 1. The Bertz CT molecular complexity index is 1140. The summed E-state index contributed by atoms with van der Waals surface area (Å²) in [6.45, 7) is 7.07. The van der Waals surface area contributed by atoms with Crippen LogP contribution in [-0.2, 0) is 9.59 Å². The molecule has 0 spiro atoms. The molecule has 2 fully saturated rings. The first-order valence-electron chi connectivity index (χ1n) is 12.8. The summed E-state index contributed by atoms with van der Waals surface area (Å²) in [6, 6.07) is 8.46. The Morgan fingerprint density at radius 1 is 1.00 bits per heavy atom. The molecule has 1 aromatic heterocycles. The highest BCUT2D eigenvalue weighted by Crippen LogP contribution is 2.36. The van der Waals surface area contributed by atoms with E-state index in [0.717, 1.165) is 24.1 Å². The Hall–Kier alpha value is -3.22. The molecule has 0 atom stereocenters. The smallest absolute Gasteiger partial charge is 0.239 e. The number of aromatic nitrogens is 1. The number of carbonyl (C=O) groups excluding carboxylic acids is 2. The van der Waals surface area contributed by atoms with Crippen LogP contribution in [-0.4, -0.2) is 65.4 Å². The van der Waals surface area contributed by atoms with Gasteiger partial charge >= 0.3 is 0 Å². The highest BCUT2D eigenvalue weighted by atomic mass is 19.1. The average molecular weight is 495 g/mol. The van der Waals surface area contributed by atoms with Gasteiger partial charge in [0.05, 0.1) is 18.7 Å². The second kappa shape index (κ2) is 11.7. The van der Waals surface area contributed by atoms with Gasteiger partial charge in [-0.25, -0.2) is 4.39 Å². The topological polar surface area (TPSA) is 93.4 Å². The lowest BCUT2D eigenvalue weighted by Gasteiger charge is -2.34. The van der Waals surface area contributed by atoms with E-state index in [1.807, 2.05) is 18.7 Å². The van der Waals surface area contributed by atoms with Gasteiger partial charge in [-0.05, 0) is 50.5 Å². The van der Waals surface area contributed by atoms with E-state index in [1.165, 1.54) is 31.4 Å². The van der Waals surface area contributed by atoms with Crippen molar-refractivity contribution in [2.75, 3.05) is 49.9 Å². The van der Waals surface area contributed by atoms with Crippen LogP contribution in [0, 0.1) is 31.0 Å². The number of piperazine rings is 1. The molecule has 0 bridgehead atoms. The molecule has 0 radical (unpaired) electrons. The molecule has 4 rings (SSSR count). The maximum absolute atomic E-state index is 13.3. The summed E-state index contributed by atoms with van der Waals surface area (Å²) in [5.74, 6) is -0.0710. The summed E-state index contributed by atoms with van der Waals surface area (Å²) in [4.78, 5) is 29.4. The summed E-state index contributed by atoms with van der Waals surface area (Å²) < 4.78 is 15.5. The van der Waals surface area contributed by atoms with Crippen molar-refractivity contribution in [2.24, 2.45) is 0 Å². The number of hydrogen-bond donors (Lipinski definition) is 2. The predicted octanol–water partition coefficient (Wildman–Crippen LogP) is 3.82. The third kappa shape index (κ3) is 6.12. The number of amides is 2. The molecular formula is C27H35FN6O2. The number of benzene rings is 1. The maximum atomic E-state index is 13.3. The average Bonchev–Trinajstić information content (AvgIpc) is 3.09. The maximum Gasteiger partial charge on any atom is 0.239 e. The van der Waals surface area contributed by atoms with Gasteiger partial charge in [-0.3, -0.25) is 19.4 Å². The van der Waals surface area contributed by atoms with Gasteiger partial charge in [0.1, 0.15) is 17.7 Å². The highest BCUT2D eigenvalue weighted by Gasteiger charge is 2.27. The zero-order valence-electron chi connectivity index (χ0n) is 21.1. The Kier molecular flexibility index (Phi) is 8.39. The highest BCUT2D eigenvalue weighted by molar-refractivity contribution is 5.93. The summed E-state index contributed by atoms with van der Waals surface area (Å²) in [5, 5.41) is 15.6. The van der Waals surface area contributed by atoms with E-state index in [4.69, 9.17) is 0 Å². The van der Waals surface area contributed by atoms with Crippen molar-refractivity contribution in [1.82, 2.24) is 14.4 Å². The predicted molar refractivity (Wildman–Crippen MR) is 137 cm³/mol. The van der Waals surface area contributed by atoms with Gasteiger partial charge in [0.25, 0.3) is 0 Å². The quantitative estimate of drug-likeness (QED) is 0.611. The second-order valence-corrected chi connectivity index (χ2v) is 9.87. The minimum Gasteiger partial charge on any atom is -0.327 e. The molecular weight excluding hydrogens is 459 g/mol. The molecule has 8 nitrogen and oxygen atoms in total. The Labute approximate surface area is 212 Å². The van der Waals surface area contributed by atoms with E-state index < -0.39 is 5.82 Å². The van der Waals surface area contributed by atoms with Crippen LogP contribution in [0.5, 0.6) is 0 Å². The van der Waals surface area contributed by atoms with Gasteiger partial charge in [0, 0.05) is 43.6 Å². The number of rotatable bonds is 7. The molecule has 0 unspecified atom stereocenters. The van der Waals surface area contributed by atoms with E-state index in [1.54, 1.807) is 12.1 Å².